The van der Waals surface area contributed by atoms with Crippen molar-refractivity contribution in [3.05, 3.63) is 11.6 Å². The first-order valence-corrected chi connectivity index (χ1v) is 8.84. The lowest BCUT2D eigenvalue weighted by atomic mass is 9.76. The number of ketones is 1. The Morgan fingerprint density at radius 3 is 2.75 bits per heavy atom. The van der Waals surface area contributed by atoms with Crippen LogP contribution in [0.1, 0.15) is 77.0 Å². The fourth-order valence-electron chi connectivity index (χ4n) is 4.34. The molecule has 0 radical (unpaired) electrons. The molecule has 2 nitrogen and oxygen atoms in total. The molecule has 2 fully saturated rings. The van der Waals surface area contributed by atoms with Gasteiger partial charge >= 0.3 is 0 Å². The highest BCUT2D eigenvalue weighted by Crippen LogP contribution is 2.33. The van der Waals surface area contributed by atoms with Gasteiger partial charge in [-0.15, -0.1) is 0 Å². The Morgan fingerprint density at radius 2 is 1.80 bits per heavy atom. The lowest BCUT2D eigenvalue weighted by molar-refractivity contribution is -0.119. The average molecular weight is 275 g/mol. The molecule has 112 valence electrons. The molecule has 1 saturated carbocycles. The number of hydrogen-bond acceptors (Lipinski definition) is 2. The van der Waals surface area contributed by atoms with Gasteiger partial charge in [-0.3, -0.25) is 4.79 Å². The second-order valence-corrected chi connectivity index (χ2v) is 6.99. The summed E-state index contributed by atoms with van der Waals surface area (Å²) in [5, 5.41) is 3.70. The van der Waals surface area contributed by atoms with Gasteiger partial charge in [0, 0.05) is 6.04 Å². The third kappa shape index (κ3) is 3.33. The highest BCUT2D eigenvalue weighted by atomic mass is 16.1. The van der Waals surface area contributed by atoms with Crippen LogP contribution in [0.15, 0.2) is 11.6 Å². The smallest absolute Gasteiger partial charge is 0.175 e. The van der Waals surface area contributed by atoms with Crippen molar-refractivity contribution in [1.82, 2.24) is 5.32 Å². The summed E-state index contributed by atoms with van der Waals surface area (Å²) < 4.78 is 0. The zero-order valence-electron chi connectivity index (χ0n) is 12.7. The van der Waals surface area contributed by atoms with Crippen molar-refractivity contribution in [3.8, 4) is 0 Å². The number of fused-ring (bicyclic) bond motifs is 1. The van der Waals surface area contributed by atoms with E-state index in [2.05, 4.69) is 11.4 Å². The second kappa shape index (κ2) is 6.89. The molecule has 3 atom stereocenters. The van der Waals surface area contributed by atoms with E-state index in [1.165, 1.54) is 57.8 Å². The summed E-state index contributed by atoms with van der Waals surface area (Å²) in [5.74, 6) is 1.27. The van der Waals surface area contributed by atoms with Crippen LogP contribution in [-0.4, -0.2) is 17.9 Å². The van der Waals surface area contributed by atoms with E-state index in [1.807, 2.05) is 0 Å². The monoisotopic (exact) mass is 275 g/mol. The Morgan fingerprint density at radius 1 is 0.950 bits per heavy atom. The molecule has 1 saturated heterocycles. The lowest BCUT2D eigenvalue weighted by Crippen LogP contribution is -2.52. The first kappa shape index (κ1) is 14.3. The minimum atomic E-state index is 0.125. The van der Waals surface area contributed by atoms with Crippen LogP contribution in [0, 0.1) is 5.92 Å². The van der Waals surface area contributed by atoms with Gasteiger partial charge in [-0.05, 0) is 62.9 Å². The maximum absolute atomic E-state index is 12.8. The zero-order chi connectivity index (χ0) is 13.8. The van der Waals surface area contributed by atoms with Crippen LogP contribution in [0.4, 0.5) is 0 Å². The standard InChI is InChI=1S/C18H29NO/c20-18(15-9-4-2-1-3-5-10-15)17-13-12-14-8-6-7-11-16(14)19-17/h9,14,16-17,19H,1-8,10-13H2. The number of carbonyl (C=O) groups is 1. The maximum Gasteiger partial charge on any atom is 0.175 e. The molecule has 0 aromatic heterocycles. The molecule has 2 aliphatic carbocycles. The predicted octanol–water partition coefficient (Wildman–Crippen LogP) is 4.15. The van der Waals surface area contributed by atoms with Crippen LogP contribution >= 0.6 is 0 Å². The molecule has 1 N–H and O–H groups in total. The van der Waals surface area contributed by atoms with Gasteiger partial charge in [0.05, 0.1) is 6.04 Å². The van der Waals surface area contributed by atoms with E-state index in [1.54, 1.807) is 0 Å². The first-order chi connectivity index (χ1) is 9.84. The van der Waals surface area contributed by atoms with Crippen LogP contribution in [0.25, 0.3) is 0 Å². The predicted molar refractivity (Wildman–Crippen MR) is 82.7 cm³/mol. The third-order valence-corrected chi connectivity index (χ3v) is 5.57. The molecule has 20 heavy (non-hydrogen) atoms. The lowest BCUT2D eigenvalue weighted by Gasteiger charge is -2.40. The van der Waals surface area contributed by atoms with E-state index in [0.29, 0.717) is 11.8 Å². The van der Waals surface area contributed by atoms with Crippen molar-refractivity contribution in [3.63, 3.8) is 0 Å². The number of hydrogen-bond donors (Lipinski definition) is 1. The number of allylic oxidation sites excluding steroid dienone is 1. The van der Waals surface area contributed by atoms with Crippen LogP contribution in [0.5, 0.6) is 0 Å². The van der Waals surface area contributed by atoms with Gasteiger partial charge in [0.1, 0.15) is 0 Å². The van der Waals surface area contributed by atoms with Crippen LogP contribution < -0.4 is 5.32 Å². The summed E-state index contributed by atoms with van der Waals surface area (Å²) in [6, 6.07) is 0.751. The van der Waals surface area contributed by atoms with E-state index >= 15 is 0 Å². The van der Waals surface area contributed by atoms with Gasteiger partial charge in [-0.2, -0.15) is 0 Å². The minimum Gasteiger partial charge on any atom is -0.304 e. The quantitative estimate of drug-likeness (QED) is 0.820. The number of piperidine rings is 1. The summed E-state index contributed by atoms with van der Waals surface area (Å²) >= 11 is 0. The number of Topliss-reactive ketones (excluding diaryl/α,β-unsaturated/α-hetero) is 1. The molecule has 0 bridgehead atoms. The summed E-state index contributed by atoms with van der Waals surface area (Å²) in [5.41, 5.74) is 1.14. The summed E-state index contributed by atoms with van der Waals surface area (Å²) in [4.78, 5) is 12.8. The summed E-state index contributed by atoms with van der Waals surface area (Å²) in [6.45, 7) is 0. The van der Waals surface area contributed by atoms with Gasteiger partial charge in [-0.25, -0.2) is 0 Å². The zero-order valence-corrected chi connectivity index (χ0v) is 12.7. The highest BCUT2D eigenvalue weighted by Gasteiger charge is 2.35. The molecule has 1 heterocycles. The molecule has 3 aliphatic rings. The third-order valence-electron chi connectivity index (χ3n) is 5.57. The van der Waals surface area contributed by atoms with Crippen LogP contribution in [-0.2, 0) is 4.79 Å². The largest absolute Gasteiger partial charge is 0.304 e. The molecule has 1 aliphatic heterocycles. The fourth-order valence-corrected chi connectivity index (χ4v) is 4.34. The Kier molecular flexibility index (Phi) is 4.93. The first-order valence-electron chi connectivity index (χ1n) is 8.84. The van der Waals surface area contributed by atoms with E-state index in [4.69, 9.17) is 0 Å². The topological polar surface area (TPSA) is 29.1 Å². The Balaban J connectivity index is 1.61. The van der Waals surface area contributed by atoms with Gasteiger partial charge in [0.15, 0.2) is 5.78 Å². The Bertz CT molecular complexity index is 374. The highest BCUT2D eigenvalue weighted by molar-refractivity contribution is 5.99. The Hall–Kier alpha value is -0.630. The molecular weight excluding hydrogens is 246 g/mol. The molecule has 0 spiro atoms. The van der Waals surface area contributed by atoms with Gasteiger partial charge < -0.3 is 5.32 Å². The van der Waals surface area contributed by atoms with Crippen LogP contribution in [0.3, 0.4) is 0 Å². The normalized spacial score (nSPS) is 35.4. The van der Waals surface area contributed by atoms with Crippen molar-refractivity contribution in [1.29, 1.82) is 0 Å². The molecule has 2 heteroatoms. The average Bonchev–Trinajstić information content (AvgIpc) is 2.46. The number of nitrogens with one attached hydrogen (secondary N) is 1. The SMILES string of the molecule is O=C(C1=CCCCCCC1)C1CCC2CCCCC2N1. The van der Waals surface area contributed by atoms with Gasteiger partial charge in [-0.1, -0.05) is 31.8 Å². The second-order valence-electron chi connectivity index (χ2n) is 6.99. The summed E-state index contributed by atoms with van der Waals surface area (Å²) in [6.07, 6.45) is 17.2. The summed E-state index contributed by atoms with van der Waals surface area (Å²) in [7, 11) is 0. The van der Waals surface area contributed by atoms with Crippen LogP contribution in [0.2, 0.25) is 0 Å². The molecule has 3 rings (SSSR count). The minimum absolute atomic E-state index is 0.125. The van der Waals surface area contributed by atoms with E-state index in [9.17, 15) is 4.79 Å². The Labute approximate surface area is 123 Å². The fraction of sp³-hybridized carbons (Fsp3) is 0.833. The van der Waals surface area contributed by atoms with Crippen molar-refractivity contribution >= 4 is 5.78 Å². The molecule has 0 aromatic carbocycles. The molecule has 0 aromatic rings. The van der Waals surface area contributed by atoms with Crippen molar-refractivity contribution in [2.75, 3.05) is 0 Å². The van der Waals surface area contributed by atoms with Crippen molar-refractivity contribution in [2.45, 2.75) is 89.1 Å². The maximum atomic E-state index is 12.8. The van der Waals surface area contributed by atoms with Crippen molar-refractivity contribution in [2.24, 2.45) is 5.92 Å². The van der Waals surface area contributed by atoms with Gasteiger partial charge in [0.2, 0.25) is 0 Å². The molecule has 0 amide bonds. The number of rotatable bonds is 2. The van der Waals surface area contributed by atoms with E-state index in [0.717, 1.165) is 30.8 Å². The molecule has 3 unspecified atom stereocenters. The van der Waals surface area contributed by atoms with Crippen molar-refractivity contribution < 1.29 is 4.79 Å². The van der Waals surface area contributed by atoms with E-state index in [-0.39, 0.29) is 6.04 Å². The number of carbonyl (C=O) groups excluding carboxylic acids is 1. The molecular formula is C18H29NO. The van der Waals surface area contributed by atoms with E-state index < -0.39 is 0 Å². The van der Waals surface area contributed by atoms with Gasteiger partial charge in [0.25, 0.3) is 0 Å².